The van der Waals surface area contributed by atoms with E-state index < -0.39 is 5.23 Å². The highest BCUT2D eigenvalue weighted by molar-refractivity contribution is 5.93. The van der Waals surface area contributed by atoms with Crippen molar-refractivity contribution < 1.29 is 15.2 Å². The molecule has 30 heavy (non-hydrogen) atoms. The summed E-state index contributed by atoms with van der Waals surface area (Å²) in [4.78, 5) is 13.7. The van der Waals surface area contributed by atoms with Crippen molar-refractivity contribution in [2.75, 3.05) is 23.3 Å². The van der Waals surface area contributed by atoms with Crippen molar-refractivity contribution in [3.05, 3.63) is 46.7 Å². The first kappa shape index (κ1) is 22.5. The van der Waals surface area contributed by atoms with Gasteiger partial charge in [0.2, 0.25) is 5.91 Å². The van der Waals surface area contributed by atoms with Crippen LogP contribution >= 0.6 is 0 Å². The summed E-state index contributed by atoms with van der Waals surface area (Å²) in [6, 6.07) is 11.2. The molecule has 10 heteroatoms. The van der Waals surface area contributed by atoms with Gasteiger partial charge >= 0.3 is 0 Å². The topological polar surface area (TPSA) is 152 Å². The quantitative estimate of drug-likeness (QED) is 0.474. The number of hydrogen-bond acceptors (Lipinski definition) is 8. The summed E-state index contributed by atoms with van der Waals surface area (Å²) >= 11 is 0. The fourth-order valence-electron chi connectivity index (χ4n) is 2.83. The Morgan fingerprint density at radius 2 is 1.77 bits per heavy atom. The zero-order valence-electron chi connectivity index (χ0n) is 16.8. The maximum atomic E-state index is 11.6. The molecule has 3 N–H and O–H groups in total. The van der Waals surface area contributed by atoms with E-state index in [2.05, 4.69) is 20.4 Å². The molecule has 0 radical (unpaired) electrons. The van der Waals surface area contributed by atoms with Crippen LogP contribution in [0.3, 0.4) is 0 Å². The summed E-state index contributed by atoms with van der Waals surface area (Å²) in [6.07, 6.45) is 0. The van der Waals surface area contributed by atoms with Gasteiger partial charge in [-0.3, -0.25) is 4.79 Å². The Labute approximate surface area is 173 Å². The first-order valence-corrected chi connectivity index (χ1v) is 9.14. The van der Waals surface area contributed by atoms with Crippen LogP contribution in [0.25, 0.3) is 0 Å². The molecule has 2 aromatic rings. The number of rotatable bonds is 7. The Morgan fingerprint density at radius 3 is 2.23 bits per heavy atom. The number of carbonyl (C=O) groups is 1. The standard InChI is InChI=1S/C20H21N7O3/c1-4-26(5-2)16-6-7-18(19(10-16)23-13(3)28)24-25-20-14(11-21)8-17(27(29)30)9-15(20)12-22/h6-10,27,29H,4-5H2,1-3H3,(H,23,28). The van der Waals surface area contributed by atoms with Crippen LogP contribution in [0.4, 0.5) is 28.4 Å². The van der Waals surface area contributed by atoms with Gasteiger partial charge in [-0.15, -0.1) is 10.2 Å². The van der Waals surface area contributed by atoms with Crippen LogP contribution in [0, 0.1) is 27.9 Å². The predicted molar refractivity (Wildman–Crippen MR) is 110 cm³/mol. The number of azo groups is 1. The van der Waals surface area contributed by atoms with Gasteiger partial charge < -0.3 is 15.4 Å². The van der Waals surface area contributed by atoms with E-state index >= 15 is 0 Å². The third-order valence-corrected chi connectivity index (χ3v) is 4.27. The molecule has 1 atom stereocenters. The van der Waals surface area contributed by atoms with Gasteiger partial charge in [0.05, 0.1) is 16.8 Å². The van der Waals surface area contributed by atoms with Crippen LogP contribution in [0.2, 0.25) is 0 Å². The second kappa shape index (κ2) is 10.1. The second-order valence-electron chi connectivity index (χ2n) is 6.20. The van der Waals surface area contributed by atoms with Crippen molar-refractivity contribution in [1.82, 2.24) is 0 Å². The summed E-state index contributed by atoms with van der Waals surface area (Å²) in [5.74, 6) is -0.288. The summed E-state index contributed by atoms with van der Waals surface area (Å²) in [5, 5.41) is 48.6. The van der Waals surface area contributed by atoms with Crippen molar-refractivity contribution in [3.8, 4) is 12.1 Å². The zero-order valence-corrected chi connectivity index (χ0v) is 16.8. The van der Waals surface area contributed by atoms with Crippen molar-refractivity contribution in [1.29, 1.82) is 10.5 Å². The summed E-state index contributed by atoms with van der Waals surface area (Å²) in [7, 11) is 0. The number of nitriles is 2. The van der Waals surface area contributed by atoms with E-state index in [1.807, 2.05) is 32.1 Å². The lowest BCUT2D eigenvalue weighted by molar-refractivity contribution is -0.991. The highest BCUT2D eigenvalue weighted by atomic mass is 16.8. The van der Waals surface area contributed by atoms with E-state index in [9.17, 15) is 20.5 Å². The van der Waals surface area contributed by atoms with Gasteiger partial charge in [-0.05, 0) is 32.0 Å². The van der Waals surface area contributed by atoms with Gasteiger partial charge in [-0.2, -0.15) is 15.8 Å². The molecule has 0 saturated carbocycles. The molecule has 2 rings (SSSR count). The lowest BCUT2D eigenvalue weighted by Gasteiger charge is -2.22. The van der Waals surface area contributed by atoms with E-state index in [1.54, 1.807) is 12.1 Å². The molecule has 0 bridgehead atoms. The maximum Gasteiger partial charge on any atom is 0.221 e. The predicted octanol–water partition coefficient (Wildman–Crippen LogP) is 3.05. The fraction of sp³-hybridized carbons (Fsp3) is 0.250. The third kappa shape index (κ3) is 5.16. The van der Waals surface area contributed by atoms with Crippen LogP contribution in [0.15, 0.2) is 40.6 Å². The van der Waals surface area contributed by atoms with Crippen molar-refractivity contribution in [3.63, 3.8) is 0 Å². The largest absolute Gasteiger partial charge is 0.595 e. The average Bonchev–Trinajstić information content (AvgIpc) is 2.72. The monoisotopic (exact) mass is 407 g/mol. The summed E-state index contributed by atoms with van der Waals surface area (Å²) in [6.45, 7) is 6.97. The number of carbonyl (C=O) groups excluding carboxylic acids is 1. The molecule has 0 fully saturated rings. The fourth-order valence-corrected chi connectivity index (χ4v) is 2.83. The number of benzene rings is 2. The number of hydrogen-bond donors (Lipinski definition) is 3. The van der Waals surface area contributed by atoms with Gasteiger partial charge in [-0.1, -0.05) is 0 Å². The van der Waals surface area contributed by atoms with Gasteiger partial charge in [0.1, 0.15) is 23.5 Å². The normalized spacial score (nSPS) is 11.6. The Hall–Kier alpha value is -3.83. The Balaban J connectivity index is 2.55. The van der Waals surface area contributed by atoms with E-state index in [0.717, 1.165) is 30.9 Å². The van der Waals surface area contributed by atoms with Crippen LogP contribution in [-0.4, -0.2) is 24.2 Å². The number of nitrogens with zero attached hydrogens (tertiary/aromatic N) is 5. The molecule has 1 amide bonds. The summed E-state index contributed by atoms with van der Waals surface area (Å²) < 4.78 is 0. The number of amides is 1. The molecule has 0 aromatic heterocycles. The van der Waals surface area contributed by atoms with Crippen molar-refractivity contribution in [2.24, 2.45) is 10.2 Å². The second-order valence-corrected chi connectivity index (χ2v) is 6.20. The van der Waals surface area contributed by atoms with Crippen LogP contribution in [0.5, 0.6) is 0 Å². The molecule has 0 aliphatic rings. The third-order valence-electron chi connectivity index (χ3n) is 4.27. The molecule has 0 aliphatic carbocycles. The minimum absolute atomic E-state index is 0.0356. The first-order chi connectivity index (χ1) is 14.3. The molecule has 154 valence electrons. The Bertz CT molecular complexity index is 1010. The van der Waals surface area contributed by atoms with Gasteiger partial charge in [0.25, 0.3) is 0 Å². The lowest BCUT2D eigenvalue weighted by atomic mass is 10.1. The molecule has 0 saturated heterocycles. The first-order valence-electron chi connectivity index (χ1n) is 9.14. The van der Waals surface area contributed by atoms with Crippen molar-refractivity contribution >= 4 is 34.3 Å². The minimum Gasteiger partial charge on any atom is -0.595 e. The lowest BCUT2D eigenvalue weighted by Crippen LogP contribution is -2.99. The van der Waals surface area contributed by atoms with Crippen LogP contribution in [0.1, 0.15) is 31.9 Å². The maximum absolute atomic E-state index is 11.6. The van der Waals surface area contributed by atoms with E-state index in [0.29, 0.717) is 11.4 Å². The van der Waals surface area contributed by atoms with E-state index in [-0.39, 0.29) is 28.4 Å². The number of quaternary nitrogens is 1. The van der Waals surface area contributed by atoms with Gasteiger partial charge in [0.15, 0.2) is 5.69 Å². The Kier molecular flexibility index (Phi) is 7.56. The highest BCUT2D eigenvalue weighted by Gasteiger charge is 2.15. The van der Waals surface area contributed by atoms with Crippen LogP contribution < -0.4 is 15.4 Å². The molecule has 0 spiro atoms. The van der Waals surface area contributed by atoms with Crippen molar-refractivity contribution in [2.45, 2.75) is 20.8 Å². The number of anilines is 2. The van der Waals surface area contributed by atoms with Gasteiger partial charge in [-0.25, -0.2) is 5.21 Å². The molecule has 1 unspecified atom stereocenters. The molecule has 2 aromatic carbocycles. The minimum atomic E-state index is -1.26. The van der Waals surface area contributed by atoms with Gasteiger partial charge in [0, 0.05) is 37.8 Å². The number of nitrogens with one attached hydrogen (secondary N) is 2. The zero-order chi connectivity index (χ0) is 22.3. The SMILES string of the molecule is CCN(CC)c1ccc(N=Nc2c(C#N)cc([NH+]([O-])O)cc2C#N)c(NC(C)=O)c1. The molecular formula is C20H21N7O3. The average molecular weight is 407 g/mol. The highest BCUT2D eigenvalue weighted by Crippen LogP contribution is 2.33. The molecule has 10 nitrogen and oxygen atoms in total. The van der Waals surface area contributed by atoms with E-state index in [1.165, 1.54) is 6.92 Å². The smallest absolute Gasteiger partial charge is 0.221 e. The molecule has 0 aliphatic heterocycles. The summed E-state index contributed by atoms with van der Waals surface area (Å²) in [5.41, 5.74) is 1.25. The van der Waals surface area contributed by atoms with Crippen LogP contribution in [-0.2, 0) is 4.79 Å². The molecule has 0 heterocycles. The molecular weight excluding hydrogens is 386 g/mol. The Morgan fingerprint density at radius 1 is 1.17 bits per heavy atom. The van der Waals surface area contributed by atoms with E-state index in [4.69, 9.17) is 5.21 Å².